The van der Waals surface area contributed by atoms with E-state index in [1.54, 1.807) is 18.2 Å². The van der Waals surface area contributed by atoms with Gasteiger partial charge in [0.25, 0.3) is 0 Å². The number of aliphatic carboxylic acids is 1. The number of benzene rings is 1. The van der Waals surface area contributed by atoms with E-state index in [2.05, 4.69) is 15.9 Å². The maximum Gasteiger partial charge on any atom is 0.402 e. The molecule has 1 atom stereocenters. The Kier molecular flexibility index (Phi) is 3.96. The molecule has 0 saturated carbocycles. The summed E-state index contributed by atoms with van der Waals surface area (Å²) in [5.74, 6) is -4.23. The first kappa shape index (κ1) is 13.0. The van der Waals surface area contributed by atoms with Crippen LogP contribution in [-0.4, -0.2) is 17.3 Å². The summed E-state index contributed by atoms with van der Waals surface area (Å²) in [5.41, 5.74) is 0.326. The van der Waals surface area contributed by atoms with Gasteiger partial charge in [-0.2, -0.15) is 13.2 Å². The largest absolute Gasteiger partial charge is 0.481 e. The first-order chi connectivity index (χ1) is 7.32. The summed E-state index contributed by atoms with van der Waals surface area (Å²) in [5, 5.41) is 8.53. The van der Waals surface area contributed by atoms with Crippen molar-refractivity contribution in [3.63, 3.8) is 0 Å². The SMILES string of the molecule is O=C(O)C(Cc1ccccc1Br)C(F)(F)F. The standard InChI is InChI=1S/C10H8BrF3O2/c11-8-4-2-1-3-6(8)5-7(9(15)16)10(12,13)14/h1-4,7H,5H2,(H,15,16). The van der Waals surface area contributed by atoms with Crippen molar-refractivity contribution < 1.29 is 23.1 Å². The first-order valence-corrected chi connectivity index (χ1v) is 5.14. The van der Waals surface area contributed by atoms with E-state index in [9.17, 15) is 18.0 Å². The quantitative estimate of drug-likeness (QED) is 0.930. The third-order valence-corrected chi connectivity index (χ3v) is 2.85. The van der Waals surface area contributed by atoms with Crippen molar-refractivity contribution in [1.29, 1.82) is 0 Å². The number of carboxylic acids is 1. The molecule has 1 unspecified atom stereocenters. The van der Waals surface area contributed by atoms with Gasteiger partial charge in [0.15, 0.2) is 5.92 Å². The van der Waals surface area contributed by atoms with E-state index in [-0.39, 0.29) is 0 Å². The molecule has 1 N–H and O–H groups in total. The van der Waals surface area contributed by atoms with E-state index in [4.69, 9.17) is 5.11 Å². The molecule has 0 fully saturated rings. The summed E-state index contributed by atoms with van der Waals surface area (Å²) in [6, 6.07) is 6.25. The molecule has 1 aromatic rings. The second-order valence-corrected chi connectivity index (χ2v) is 4.08. The second-order valence-electron chi connectivity index (χ2n) is 3.23. The molecule has 1 rings (SSSR count). The van der Waals surface area contributed by atoms with Gasteiger partial charge in [0.05, 0.1) is 0 Å². The second kappa shape index (κ2) is 4.86. The zero-order chi connectivity index (χ0) is 12.3. The predicted octanol–water partition coefficient (Wildman–Crippen LogP) is 3.25. The number of alkyl halides is 3. The van der Waals surface area contributed by atoms with Gasteiger partial charge in [-0.1, -0.05) is 34.1 Å². The highest BCUT2D eigenvalue weighted by atomic mass is 79.9. The summed E-state index contributed by atoms with van der Waals surface area (Å²) in [6.45, 7) is 0. The van der Waals surface area contributed by atoms with Crippen LogP contribution >= 0.6 is 15.9 Å². The van der Waals surface area contributed by atoms with Crippen molar-refractivity contribution in [2.45, 2.75) is 12.6 Å². The number of hydrogen-bond donors (Lipinski definition) is 1. The minimum atomic E-state index is -4.74. The molecule has 2 nitrogen and oxygen atoms in total. The fourth-order valence-electron chi connectivity index (χ4n) is 1.23. The van der Waals surface area contributed by atoms with Crippen LogP contribution < -0.4 is 0 Å². The molecule has 1 aromatic carbocycles. The van der Waals surface area contributed by atoms with Crippen LogP contribution in [0.1, 0.15) is 5.56 Å². The molecule has 16 heavy (non-hydrogen) atoms. The normalized spacial score (nSPS) is 13.5. The molecule has 0 amide bonds. The Labute approximate surface area is 98.2 Å². The van der Waals surface area contributed by atoms with Crippen LogP contribution in [0.15, 0.2) is 28.7 Å². The molecule has 0 aliphatic heterocycles. The lowest BCUT2D eigenvalue weighted by Gasteiger charge is -2.16. The molecule has 88 valence electrons. The van der Waals surface area contributed by atoms with Crippen LogP contribution in [0.4, 0.5) is 13.2 Å². The highest BCUT2D eigenvalue weighted by Gasteiger charge is 2.45. The Morgan fingerprint density at radius 3 is 2.38 bits per heavy atom. The highest BCUT2D eigenvalue weighted by molar-refractivity contribution is 9.10. The van der Waals surface area contributed by atoms with Crippen LogP contribution in [0.5, 0.6) is 0 Å². The molecule has 0 bridgehead atoms. The highest BCUT2D eigenvalue weighted by Crippen LogP contribution is 2.31. The minimum absolute atomic E-state index is 0.326. The van der Waals surface area contributed by atoms with E-state index in [0.717, 1.165) is 0 Å². The number of rotatable bonds is 3. The Morgan fingerprint density at radius 2 is 1.94 bits per heavy atom. The van der Waals surface area contributed by atoms with E-state index in [0.29, 0.717) is 10.0 Å². The average Bonchev–Trinajstić information content (AvgIpc) is 2.14. The molecule has 0 aliphatic rings. The minimum Gasteiger partial charge on any atom is -0.481 e. The molecular formula is C10H8BrF3O2. The molecular weight excluding hydrogens is 289 g/mol. The summed E-state index contributed by atoms with van der Waals surface area (Å²) in [7, 11) is 0. The van der Waals surface area contributed by atoms with Crippen LogP contribution in [0.3, 0.4) is 0 Å². The zero-order valence-corrected chi connectivity index (χ0v) is 9.55. The van der Waals surface area contributed by atoms with Gasteiger partial charge < -0.3 is 5.11 Å². The Morgan fingerprint density at radius 1 is 1.38 bits per heavy atom. The lowest BCUT2D eigenvalue weighted by Crippen LogP contribution is -2.32. The summed E-state index contributed by atoms with van der Waals surface area (Å²) >= 11 is 3.08. The van der Waals surface area contributed by atoms with E-state index < -0.39 is 24.5 Å². The number of carbonyl (C=O) groups is 1. The van der Waals surface area contributed by atoms with Crippen molar-refractivity contribution >= 4 is 21.9 Å². The van der Waals surface area contributed by atoms with Gasteiger partial charge in [0.2, 0.25) is 0 Å². The smallest absolute Gasteiger partial charge is 0.402 e. The summed E-state index contributed by atoms with van der Waals surface area (Å²) < 4.78 is 37.7. The van der Waals surface area contributed by atoms with E-state index in [1.165, 1.54) is 6.07 Å². The third-order valence-electron chi connectivity index (χ3n) is 2.08. The molecule has 6 heteroatoms. The van der Waals surface area contributed by atoms with Crippen molar-refractivity contribution in [1.82, 2.24) is 0 Å². The molecule has 0 saturated heterocycles. The number of hydrogen-bond acceptors (Lipinski definition) is 1. The third kappa shape index (κ3) is 3.23. The van der Waals surface area contributed by atoms with Crippen LogP contribution in [-0.2, 0) is 11.2 Å². The van der Waals surface area contributed by atoms with Gasteiger partial charge in [-0.05, 0) is 18.1 Å². The van der Waals surface area contributed by atoms with Crippen molar-refractivity contribution in [3.8, 4) is 0 Å². The van der Waals surface area contributed by atoms with Crippen LogP contribution in [0.25, 0.3) is 0 Å². The van der Waals surface area contributed by atoms with Gasteiger partial charge >= 0.3 is 12.1 Å². The Hall–Kier alpha value is -1.04. The van der Waals surface area contributed by atoms with E-state index in [1.807, 2.05) is 0 Å². The Bertz CT molecular complexity index is 390. The average molecular weight is 297 g/mol. The number of carboxylic acid groups (broad SMARTS) is 1. The predicted molar refractivity (Wildman–Crippen MR) is 55.0 cm³/mol. The van der Waals surface area contributed by atoms with Crippen LogP contribution in [0.2, 0.25) is 0 Å². The fourth-order valence-corrected chi connectivity index (χ4v) is 1.67. The fraction of sp³-hybridized carbons (Fsp3) is 0.300. The molecule has 0 radical (unpaired) electrons. The molecule has 0 spiro atoms. The molecule has 0 aliphatic carbocycles. The van der Waals surface area contributed by atoms with Crippen molar-refractivity contribution in [2.75, 3.05) is 0 Å². The maximum atomic E-state index is 12.4. The molecule has 0 aromatic heterocycles. The van der Waals surface area contributed by atoms with E-state index >= 15 is 0 Å². The van der Waals surface area contributed by atoms with Gasteiger partial charge in [-0.15, -0.1) is 0 Å². The lowest BCUT2D eigenvalue weighted by molar-refractivity contribution is -0.193. The summed E-state index contributed by atoms with van der Waals surface area (Å²) in [4.78, 5) is 10.5. The van der Waals surface area contributed by atoms with Gasteiger partial charge in [-0.3, -0.25) is 4.79 Å². The maximum absolute atomic E-state index is 12.4. The Balaban J connectivity index is 2.94. The van der Waals surface area contributed by atoms with Gasteiger partial charge in [-0.25, -0.2) is 0 Å². The van der Waals surface area contributed by atoms with Crippen molar-refractivity contribution in [3.05, 3.63) is 34.3 Å². The first-order valence-electron chi connectivity index (χ1n) is 4.35. The topological polar surface area (TPSA) is 37.3 Å². The monoisotopic (exact) mass is 296 g/mol. The van der Waals surface area contributed by atoms with Gasteiger partial charge in [0.1, 0.15) is 0 Å². The number of halogens is 4. The van der Waals surface area contributed by atoms with Crippen LogP contribution in [0, 0.1) is 5.92 Å². The van der Waals surface area contributed by atoms with Crippen molar-refractivity contribution in [2.24, 2.45) is 5.92 Å². The molecule has 0 heterocycles. The van der Waals surface area contributed by atoms with Gasteiger partial charge in [0, 0.05) is 4.47 Å². The zero-order valence-electron chi connectivity index (χ0n) is 7.96. The summed E-state index contributed by atoms with van der Waals surface area (Å²) in [6.07, 6.45) is -5.30. The lowest BCUT2D eigenvalue weighted by atomic mass is 9.99.